The Labute approximate surface area is 129 Å². The van der Waals surface area contributed by atoms with Crippen molar-refractivity contribution in [2.24, 2.45) is 0 Å². The Balaban J connectivity index is 2.19. The lowest BCUT2D eigenvalue weighted by Gasteiger charge is -2.19. The first-order chi connectivity index (χ1) is 9.77. The highest BCUT2D eigenvalue weighted by molar-refractivity contribution is 6.31. The fraction of sp³-hybridized carbons (Fsp3) is 0.278. The Morgan fingerprint density at radius 2 is 1.71 bits per heavy atom. The molecule has 2 rings (SSSR count). The maximum absolute atomic E-state index is 13.2. The highest BCUT2D eigenvalue weighted by atomic mass is 35.5. The van der Waals surface area contributed by atoms with Crippen LogP contribution in [0.4, 0.5) is 4.39 Å². The van der Waals surface area contributed by atoms with Gasteiger partial charge in [-0.05, 0) is 34.7 Å². The summed E-state index contributed by atoms with van der Waals surface area (Å²) in [4.78, 5) is 12.3. The average Bonchev–Trinajstić information content (AvgIpc) is 2.42. The Kier molecular flexibility index (Phi) is 4.48. The molecule has 2 aromatic rings. The highest BCUT2D eigenvalue weighted by Gasteiger charge is 2.15. The maximum atomic E-state index is 13.2. The Morgan fingerprint density at radius 3 is 2.29 bits per heavy atom. The van der Waals surface area contributed by atoms with Crippen molar-refractivity contribution in [3.05, 3.63) is 70.0 Å². The van der Waals surface area contributed by atoms with E-state index in [0.717, 1.165) is 0 Å². The summed E-state index contributed by atoms with van der Waals surface area (Å²) in [5, 5.41) is 0.413. The predicted octanol–water partition coefficient (Wildman–Crippen LogP) is 5.20. The first kappa shape index (κ1) is 15.7. The molecule has 0 aliphatic rings. The SMILES string of the molecule is CC(C)(C)c1ccc(C(=O)Cc2cc(F)ccc2Cl)cc1. The molecule has 2 aromatic carbocycles. The number of benzene rings is 2. The molecule has 0 atom stereocenters. The van der Waals surface area contributed by atoms with E-state index in [-0.39, 0.29) is 23.4 Å². The van der Waals surface area contributed by atoms with Gasteiger partial charge in [-0.25, -0.2) is 4.39 Å². The Bertz CT molecular complexity index is 654. The third-order valence-corrected chi connectivity index (χ3v) is 3.80. The molecule has 0 saturated carbocycles. The number of halogens is 2. The zero-order chi connectivity index (χ0) is 15.6. The molecular weight excluding hydrogens is 287 g/mol. The standard InChI is InChI=1S/C18H18ClFO/c1-18(2,3)14-6-4-12(5-7-14)17(21)11-13-10-15(20)8-9-16(13)19/h4-10H,11H2,1-3H3. The number of ketones is 1. The smallest absolute Gasteiger partial charge is 0.167 e. The van der Waals surface area contributed by atoms with Crippen LogP contribution in [-0.2, 0) is 11.8 Å². The van der Waals surface area contributed by atoms with Gasteiger partial charge in [0, 0.05) is 17.0 Å². The summed E-state index contributed by atoms with van der Waals surface area (Å²) in [6.45, 7) is 6.36. The van der Waals surface area contributed by atoms with Gasteiger partial charge >= 0.3 is 0 Å². The third-order valence-electron chi connectivity index (χ3n) is 3.43. The lowest BCUT2D eigenvalue weighted by molar-refractivity contribution is 0.0993. The van der Waals surface area contributed by atoms with E-state index in [4.69, 9.17) is 11.6 Å². The fourth-order valence-corrected chi connectivity index (χ4v) is 2.29. The van der Waals surface area contributed by atoms with Gasteiger partial charge in [-0.2, -0.15) is 0 Å². The highest BCUT2D eigenvalue weighted by Crippen LogP contribution is 2.23. The summed E-state index contributed by atoms with van der Waals surface area (Å²) in [6.07, 6.45) is 0.103. The molecule has 0 saturated heterocycles. The molecule has 110 valence electrons. The molecule has 0 spiro atoms. The second-order valence-electron chi connectivity index (χ2n) is 6.16. The van der Waals surface area contributed by atoms with Crippen LogP contribution in [0.2, 0.25) is 5.02 Å². The molecule has 21 heavy (non-hydrogen) atoms. The summed E-state index contributed by atoms with van der Waals surface area (Å²) in [5.74, 6) is -0.451. The van der Waals surface area contributed by atoms with Crippen LogP contribution in [0, 0.1) is 5.82 Å². The molecule has 3 heteroatoms. The summed E-state index contributed by atoms with van der Waals surface area (Å²) in [5.41, 5.74) is 2.35. The molecule has 0 unspecified atom stereocenters. The zero-order valence-corrected chi connectivity index (χ0v) is 13.2. The summed E-state index contributed by atoms with van der Waals surface area (Å²) in [7, 11) is 0. The molecule has 0 aromatic heterocycles. The van der Waals surface area contributed by atoms with Crippen molar-refractivity contribution in [2.75, 3.05) is 0 Å². The number of Topliss-reactive ketones (excluding diaryl/α,β-unsaturated/α-hetero) is 1. The second-order valence-corrected chi connectivity index (χ2v) is 6.57. The van der Waals surface area contributed by atoms with Gasteiger partial charge < -0.3 is 0 Å². The van der Waals surface area contributed by atoms with Gasteiger partial charge in [-0.15, -0.1) is 0 Å². The molecule has 0 aliphatic heterocycles. The summed E-state index contributed by atoms with van der Waals surface area (Å²) < 4.78 is 13.2. The van der Waals surface area contributed by atoms with Crippen molar-refractivity contribution in [1.82, 2.24) is 0 Å². The van der Waals surface area contributed by atoms with Crippen molar-refractivity contribution in [1.29, 1.82) is 0 Å². The molecule has 0 amide bonds. The van der Waals surface area contributed by atoms with Crippen molar-refractivity contribution < 1.29 is 9.18 Å². The van der Waals surface area contributed by atoms with Crippen LogP contribution >= 0.6 is 11.6 Å². The first-order valence-corrected chi connectivity index (χ1v) is 7.23. The van der Waals surface area contributed by atoms with E-state index in [1.54, 1.807) is 0 Å². The van der Waals surface area contributed by atoms with Gasteiger partial charge in [0.15, 0.2) is 5.78 Å². The van der Waals surface area contributed by atoms with Crippen LogP contribution in [0.25, 0.3) is 0 Å². The minimum atomic E-state index is -0.384. The van der Waals surface area contributed by atoms with E-state index >= 15 is 0 Å². The molecule has 0 bridgehead atoms. The van der Waals surface area contributed by atoms with E-state index < -0.39 is 0 Å². The van der Waals surface area contributed by atoms with E-state index in [9.17, 15) is 9.18 Å². The zero-order valence-electron chi connectivity index (χ0n) is 12.4. The van der Waals surface area contributed by atoms with Gasteiger partial charge in [-0.1, -0.05) is 56.6 Å². The number of hydrogen-bond acceptors (Lipinski definition) is 1. The number of rotatable bonds is 3. The quantitative estimate of drug-likeness (QED) is 0.712. The normalized spacial score (nSPS) is 11.5. The molecule has 0 aliphatic carbocycles. The fourth-order valence-electron chi connectivity index (χ4n) is 2.11. The van der Waals surface area contributed by atoms with E-state index in [2.05, 4.69) is 20.8 Å². The van der Waals surface area contributed by atoms with Crippen molar-refractivity contribution in [2.45, 2.75) is 32.6 Å². The van der Waals surface area contributed by atoms with Crippen molar-refractivity contribution >= 4 is 17.4 Å². The third kappa shape index (κ3) is 3.92. The number of carbonyl (C=O) groups excluding carboxylic acids is 1. The van der Waals surface area contributed by atoms with E-state index in [1.165, 1.54) is 23.8 Å². The first-order valence-electron chi connectivity index (χ1n) is 6.85. The molecule has 0 N–H and O–H groups in total. The summed E-state index contributed by atoms with van der Waals surface area (Å²) >= 11 is 5.99. The van der Waals surface area contributed by atoms with E-state index in [1.807, 2.05) is 24.3 Å². The van der Waals surface area contributed by atoms with Gasteiger partial charge in [-0.3, -0.25) is 4.79 Å². The number of hydrogen-bond donors (Lipinski definition) is 0. The molecular formula is C18H18ClFO. The molecule has 0 radical (unpaired) electrons. The van der Waals surface area contributed by atoms with Crippen LogP contribution in [0.1, 0.15) is 42.3 Å². The molecule has 1 nitrogen and oxygen atoms in total. The van der Waals surface area contributed by atoms with Gasteiger partial charge in [0.25, 0.3) is 0 Å². The van der Waals surface area contributed by atoms with Gasteiger partial charge in [0.2, 0.25) is 0 Å². The van der Waals surface area contributed by atoms with E-state index in [0.29, 0.717) is 16.1 Å². The second kappa shape index (κ2) is 5.98. The van der Waals surface area contributed by atoms with Crippen LogP contribution in [-0.4, -0.2) is 5.78 Å². The minimum absolute atomic E-state index is 0.0491. The topological polar surface area (TPSA) is 17.1 Å². The maximum Gasteiger partial charge on any atom is 0.167 e. The lowest BCUT2D eigenvalue weighted by Crippen LogP contribution is -2.11. The van der Waals surface area contributed by atoms with Gasteiger partial charge in [0.1, 0.15) is 5.82 Å². The van der Waals surface area contributed by atoms with Crippen molar-refractivity contribution in [3.63, 3.8) is 0 Å². The average molecular weight is 305 g/mol. The minimum Gasteiger partial charge on any atom is -0.294 e. The van der Waals surface area contributed by atoms with Gasteiger partial charge in [0.05, 0.1) is 0 Å². The van der Waals surface area contributed by atoms with Crippen LogP contribution in [0.15, 0.2) is 42.5 Å². The monoisotopic (exact) mass is 304 g/mol. The molecule has 0 heterocycles. The Morgan fingerprint density at radius 1 is 1.10 bits per heavy atom. The Hall–Kier alpha value is -1.67. The largest absolute Gasteiger partial charge is 0.294 e. The van der Waals surface area contributed by atoms with Crippen molar-refractivity contribution in [3.8, 4) is 0 Å². The lowest BCUT2D eigenvalue weighted by atomic mass is 9.86. The predicted molar refractivity (Wildman–Crippen MR) is 84.6 cm³/mol. The van der Waals surface area contributed by atoms with Crippen LogP contribution in [0.3, 0.4) is 0 Å². The summed E-state index contributed by atoms with van der Waals surface area (Å²) in [6, 6.07) is 11.6. The van der Waals surface area contributed by atoms with Crippen LogP contribution in [0.5, 0.6) is 0 Å². The number of carbonyl (C=O) groups is 1. The molecule has 0 fully saturated rings. The van der Waals surface area contributed by atoms with Crippen LogP contribution < -0.4 is 0 Å².